The molecule has 0 fully saturated rings. The van der Waals surface area contributed by atoms with E-state index in [0.29, 0.717) is 19.4 Å². The molecule has 2 rings (SSSR count). The summed E-state index contributed by atoms with van der Waals surface area (Å²) < 4.78 is 0. The molecule has 1 heterocycles. The molecule has 0 aromatic heterocycles. The molecule has 1 amide bonds. The molecule has 5 nitrogen and oxygen atoms in total. The van der Waals surface area contributed by atoms with Gasteiger partial charge < -0.3 is 15.7 Å². The van der Waals surface area contributed by atoms with E-state index in [0.717, 1.165) is 18.4 Å². The Kier molecular flexibility index (Phi) is 5.33. The van der Waals surface area contributed by atoms with Crippen molar-refractivity contribution in [2.45, 2.75) is 51.2 Å². The third-order valence-electron chi connectivity index (χ3n) is 3.86. The minimum absolute atomic E-state index is 0.229. The van der Waals surface area contributed by atoms with Crippen LogP contribution in [0.25, 0.3) is 0 Å². The van der Waals surface area contributed by atoms with Crippen molar-refractivity contribution >= 4 is 11.9 Å². The van der Waals surface area contributed by atoms with Crippen LogP contribution >= 0.6 is 0 Å². The molecule has 0 radical (unpaired) electrons. The summed E-state index contributed by atoms with van der Waals surface area (Å²) in [7, 11) is 0. The average Bonchev–Trinajstić information content (AvgIpc) is 2.50. The summed E-state index contributed by atoms with van der Waals surface area (Å²) in [6.45, 7) is 2.64. The fourth-order valence-corrected chi connectivity index (χ4v) is 2.58. The molecule has 1 aliphatic heterocycles. The summed E-state index contributed by atoms with van der Waals surface area (Å²) >= 11 is 0. The number of rotatable bonds is 6. The molecule has 21 heavy (non-hydrogen) atoms. The lowest BCUT2D eigenvalue weighted by molar-refractivity contribution is -0.142. The molecule has 0 saturated carbocycles. The van der Waals surface area contributed by atoms with Gasteiger partial charge in [-0.2, -0.15) is 0 Å². The second kappa shape index (κ2) is 7.22. The normalized spacial score (nSPS) is 18.6. The molecule has 114 valence electrons. The summed E-state index contributed by atoms with van der Waals surface area (Å²) in [4.78, 5) is 23.4. The smallest absolute Gasteiger partial charge is 0.326 e. The van der Waals surface area contributed by atoms with Crippen LogP contribution in [-0.2, 0) is 22.6 Å². The van der Waals surface area contributed by atoms with E-state index in [1.165, 1.54) is 5.56 Å². The maximum absolute atomic E-state index is 12.2. The fraction of sp³-hybridized carbons (Fsp3) is 0.500. The number of carbonyl (C=O) groups excluding carboxylic acids is 1. The van der Waals surface area contributed by atoms with Crippen LogP contribution in [0.2, 0.25) is 0 Å². The van der Waals surface area contributed by atoms with Crippen LogP contribution in [0.15, 0.2) is 24.3 Å². The molecular weight excluding hydrogens is 268 g/mol. The summed E-state index contributed by atoms with van der Waals surface area (Å²) in [5.41, 5.74) is 2.35. The van der Waals surface area contributed by atoms with Crippen LogP contribution in [0.4, 0.5) is 0 Å². The van der Waals surface area contributed by atoms with Gasteiger partial charge >= 0.3 is 5.97 Å². The van der Waals surface area contributed by atoms with E-state index in [2.05, 4.69) is 10.6 Å². The van der Waals surface area contributed by atoms with Gasteiger partial charge in [-0.15, -0.1) is 0 Å². The largest absolute Gasteiger partial charge is 0.480 e. The van der Waals surface area contributed by atoms with Gasteiger partial charge in [0.25, 0.3) is 0 Å². The van der Waals surface area contributed by atoms with Crippen molar-refractivity contribution < 1.29 is 14.7 Å². The van der Waals surface area contributed by atoms with Crippen LogP contribution < -0.4 is 10.6 Å². The van der Waals surface area contributed by atoms with Gasteiger partial charge in [0.1, 0.15) is 6.04 Å². The van der Waals surface area contributed by atoms with E-state index >= 15 is 0 Å². The van der Waals surface area contributed by atoms with Crippen molar-refractivity contribution in [1.82, 2.24) is 10.6 Å². The zero-order valence-corrected chi connectivity index (χ0v) is 12.3. The average molecular weight is 290 g/mol. The van der Waals surface area contributed by atoms with Crippen molar-refractivity contribution in [1.29, 1.82) is 0 Å². The van der Waals surface area contributed by atoms with E-state index in [4.69, 9.17) is 5.11 Å². The van der Waals surface area contributed by atoms with Crippen LogP contribution in [0.1, 0.15) is 37.3 Å². The van der Waals surface area contributed by atoms with Gasteiger partial charge in [-0.05, 0) is 24.0 Å². The number of nitrogens with one attached hydrogen (secondary N) is 2. The molecule has 0 saturated heterocycles. The molecule has 5 heteroatoms. The molecule has 2 atom stereocenters. The van der Waals surface area contributed by atoms with Gasteiger partial charge in [-0.1, -0.05) is 44.0 Å². The van der Waals surface area contributed by atoms with Crippen LogP contribution in [0.3, 0.4) is 0 Å². The van der Waals surface area contributed by atoms with Crippen LogP contribution in [0, 0.1) is 0 Å². The molecule has 1 aromatic rings. The summed E-state index contributed by atoms with van der Waals surface area (Å²) in [6, 6.07) is 6.84. The third-order valence-corrected chi connectivity index (χ3v) is 3.86. The molecule has 3 N–H and O–H groups in total. The van der Waals surface area contributed by atoms with E-state index < -0.39 is 12.0 Å². The minimum Gasteiger partial charge on any atom is -0.480 e. The number of amides is 1. The lowest BCUT2D eigenvalue weighted by Crippen LogP contribution is -2.52. The number of aliphatic carboxylic acids is 1. The Morgan fingerprint density at radius 3 is 2.76 bits per heavy atom. The highest BCUT2D eigenvalue weighted by Gasteiger charge is 2.27. The van der Waals surface area contributed by atoms with E-state index in [-0.39, 0.29) is 11.9 Å². The molecule has 0 bridgehead atoms. The first-order chi connectivity index (χ1) is 10.1. The molecule has 0 unspecified atom stereocenters. The van der Waals surface area contributed by atoms with E-state index in [1.807, 2.05) is 31.2 Å². The molecule has 0 aliphatic carbocycles. The maximum Gasteiger partial charge on any atom is 0.326 e. The van der Waals surface area contributed by atoms with Gasteiger partial charge in [0.15, 0.2) is 0 Å². The SMILES string of the molecule is CCCC[C@@H](NC(=O)[C@@H]1Cc2ccccc2CN1)C(=O)O. The van der Waals surface area contributed by atoms with Gasteiger partial charge in [0.05, 0.1) is 6.04 Å². The predicted molar refractivity (Wildman–Crippen MR) is 79.9 cm³/mol. The number of unbranched alkanes of at least 4 members (excludes halogenated alkanes) is 1. The second-order valence-electron chi connectivity index (χ2n) is 5.45. The highest BCUT2D eigenvalue weighted by molar-refractivity contribution is 5.87. The first kappa shape index (κ1) is 15.5. The molecule has 0 spiro atoms. The lowest BCUT2D eigenvalue weighted by atomic mass is 9.95. The summed E-state index contributed by atoms with van der Waals surface area (Å²) in [5, 5.41) is 15.0. The number of carboxylic acids is 1. The Bertz CT molecular complexity index is 516. The third kappa shape index (κ3) is 4.04. The molecular formula is C16H22N2O3. The predicted octanol–water partition coefficient (Wildman–Crippen LogP) is 1.46. The van der Waals surface area contributed by atoms with Crippen molar-refractivity contribution in [3.8, 4) is 0 Å². The molecule has 1 aromatic carbocycles. The molecule has 1 aliphatic rings. The van der Waals surface area contributed by atoms with Gasteiger partial charge in [0, 0.05) is 6.54 Å². The summed E-state index contributed by atoms with van der Waals surface area (Å²) in [5.74, 6) is -1.19. The summed E-state index contributed by atoms with van der Waals surface area (Å²) in [6.07, 6.45) is 2.77. The first-order valence-corrected chi connectivity index (χ1v) is 7.45. The number of carboxylic acid groups (broad SMARTS) is 1. The van der Waals surface area contributed by atoms with E-state index in [9.17, 15) is 9.59 Å². The number of hydrogen-bond donors (Lipinski definition) is 3. The van der Waals surface area contributed by atoms with Crippen molar-refractivity contribution in [2.24, 2.45) is 0 Å². The van der Waals surface area contributed by atoms with Gasteiger partial charge in [-0.3, -0.25) is 4.79 Å². The maximum atomic E-state index is 12.2. The highest BCUT2D eigenvalue weighted by Crippen LogP contribution is 2.16. The van der Waals surface area contributed by atoms with Crippen molar-refractivity contribution in [3.63, 3.8) is 0 Å². The zero-order chi connectivity index (χ0) is 15.2. The number of carbonyl (C=O) groups is 2. The van der Waals surface area contributed by atoms with Gasteiger partial charge in [0.2, 0.25) is 5.91 Å². The number of benzene rings is 1. The zero-order valence-electron chi connectivity index (χ0n) is 12.3. The Hall–Kier alpha value is -1.88. The Morgan fingerprint density at radius 1 is 1.38 bits per heavy atom. The van der Waals surface area contributed by atoms with Gasteiger partial charge in [-0.25, -0.2) is 4.79 Å². The monoisotopic (exact) mass is 290 g/mol. The van der Waals surface area contributed by atoms with Crippen molar-refractivity contribution in [3.05, 3.63) is 35.4 Å². The Labute approximate surface area is 124 Å². The highest BCUT2D eigenvalue weighted by atomic mass is 16.4. The minimum atomic E-state index is -0.965. The first-order valence-electron chi connectivity index (χ1n) is 7.45. The quantitative estimate of drug-likeness (QED) is 0.741. The topological polar surface area (TPSA) is 78.4 Å². The fourth-order valence-electron chi connectivity index (χ4n) is 2.58. The number of hydrogen-bond acceptors (Lipinski definition) is 3. The Balaban J connectivity index is 1.96. The second-order valence-corrected chi connectivity index (χ2v) is 5.45. The Morgan fingerprint density at radius 2 is 2.10 bits per heavy atom. The van der Waals surface area contributed by atoms with Crippen LogP contribution in [-0.4, -0.2) is 29.1 Å². The van der Waals surface area contributed by atoms with E-state index in [1.54, 1.807) is 0 Å². The number of fused-ring (bicyclic) bond motifs is 1. The van der Waals surface area contributed by atoms with Crippen molar-refractivity contribution in [2.75, 3.05) is 0 Å². The standard InChI is InChI=1S/C16H22N2O3/c1-2-3-8-13(16(20)21)18-15(19)14-9-11-6-4-5-7-12(11)10-17-14/h4-7,13-14,17H,2-3,8-10H2,1H3,(H,18,19)(H,20,21)/t13-,14+/m1/s1. The lowest BCUT2D eigenvalue weighted by Gasteiger charge is -2.26. The van der Waals surface area contributed by atoms with Crippen LogP contribution in [0.5, 0.6) is 0 Å².